The second-order valence-electron chi connectivity index (χ2n) is 7.79. The van der Waals surface area contributed by atoms with Gasteiger partial charge in [0.1, 0.15) is 0 Å². The largest absolute Gasteiger partial charge is 0.503 e. The van der Waals surface area contributed by atoms with E-state index in [4.69, 9.17) is 13.3 Å². The van der Waals surface area contributed by atoms with Crippen LogP contribution in [-0.4, -0.2) is 30.1 Å². The predicted octanol–water partition coefficient (Wildman–Crippen LogP) is 7.19. The summed E-state index contributed by atoms with van der Waals surface area (Å²) in [5.74, 6) is 2.09. The Labute approximate surface area is 165 Å². The van der Waals surface area contributed by atoms with Gasteiger partial charge in [0.05, 0.1) is 0 Å². The Balaban J connectivity index is 4.05. The molecule has 0 aliphatic rings. The molecular weight excluding hydrogens is 340 g/mol. The van der Waals surface area contributed by atoms with Crippen LogP contribution in [0.2, 0.25) is 5.54 Å². The normalized spacial score (nSPS) is 14.8. The van der Waals surface area contributed by atoms with E-state index in [0.29, 0.717) is 11.5 Å². The minimum Gasteiger partial charge on any atom is -0.377 e. The molecule has 0 aromatic rings. The summed E-state index contributed by atoms with van der Waals surface area (Å²) in [6, 6.07) is 0. The van der Waals surface area contributed by atoms with Crippen LogP contribution in [0.5, 0.6) is 0 Å². The van der Waals surface area contributed by atoms with Gasteiger partial charge in [0.25, 0.3) is 0 Å². The van der Waals surface area contributed by atoms with Crippen LogP contribution in [0.3, 0.4) is 0 Å². The zero-order valence-electron chi connectivity index (χ0n) is 18.9. The Bertz CT molecular complexity index is 299. The molecule has 0 rings (SSSR count). The van der Waals surface area contributed by atoms with Gasteiger partial charge in [0.2, 0.25) is 0 Å². The summed E-state index contributed by atoms with van der Waals surface area (Å²) < 4.78 is 17.2. The third-order valence-electron chi connectivity index (χ3n) is 6.01. The summed E-state index contributed by atoms with van der Waals surface area (Å²) >= 11 is 0. The molecule has 0 aliphatic carbocycles. The van der Waals surface area contributed by atoms with Gasteiger partial charge >= 0.3 is 8.80 Å². The molecule has 0 saturated carbocycles. The highest BCUT2D eigenvalue weighted by molar-refractivity contribution is 6.62. The standard InChI is InChI=1S/C22H47O3Si/c1-8-10-11-12-13-14-15-16-17-18-19-20(3)21(4)22(9-2)26(23-5,24-6)25-7/h20,22H,8-19H2,1-7H3. The number of unbranched alkanes of at least 4 members (excludes halogenated alkanes) is 9. The van der Waals surface area contributed by atoms with Crippen LogP contribution < -0.4 is 0 Å². The van der Waals surface area contributed by atoms with Gasteiger partial charge in [-0.15, -0.1) is 0 Å². The zero-order valence-corrected chi connectivity index (χ0v) is 19.9. The summed E-state index contributed by atoms with van der Waals surface area (Å²) in [7, 11) is 2.58. The molecule has 2 atom stereocenters. The number of hydrogen-bond donors (Lipinski definition) is 0. The molecule has 0 saturated heterocycles. The lowest BCUT2D eigenvalue weighted by Gasteiger charge is -2.37. The van der Waals surface area contributed by atoms with E-state index in [2.05, 4.69) is 27.7 Å². The fourth-order valence-electron chi connectivity index (χ4n) is 4.04. The van der Waals surface area contributed by atoms with Crippen molar-refractivity contribution in [1.29, 1.82) is 0 Å². The van der Waals surface area contributed by atoms with Crippen LogP contribution in [0.15, 0.2) is 0 Å². The van der Waals surface area contributed by atoms with Gasteiger partial charge in [-0.25, -0.2) is 0 Å². The maximum absolute atomic E-state index is 5.74. The predicted molar refractivity (Wildman–Crippen MR) is 115 cm³/mol. The van der Waals surface area contributed by atoms with Crippen molar-refractivity contribution in [2.45, 2.75) is 110 Å². The lowest BCUT2D eigenvalue weighted by Crippen LogP contribution is -2.49. The highest BCUT2D eigenvalue weighted by Gasteiger charge is 2.49. The lowest BCUT2D eigenvalue weighted by molar-refractivity contribution is 0.109. The fourth-order valence-corrected chi connectivity index (χ4v) is 6.73. The van der Waals surface area contributed by atoms with Gasteiger partial charge < -0.3 is 13.3 Å². The van der Waals surface area contributed by atoms with E-state index in [1.54, 1.807) is 21.3 Å². The molecule has 1 radical (unpaired) electrons. The van der Waals surface area contributed by atoms with Gasteiger partial charge in [0, 0.05) is 26.9 Å². The molecule has 2 unspecified atom stereocenters. The molecule has 0 spiro atoms. The van der Waals surface area contributed by atoms with Crippen LogP contribution in [0, 0.1) is 11.8 Å². The summed E-state index contributed by atoms with van der Waals surface area (Å²) in [6.07, 6.45) is 16.2. The summed E-state index contributed by atoms with van der Waals surface area (Å²) in [4.78, 5) is 0. The Morgan fingerprint density at radius 3 is 1.54 bits per heavy atom. The van der Waals surface area contributed by atoms with Crippen molar-refractivity contribution in [2.75, 3.05) is 21.3 Å². The number of rotatable bonds is 18. The first-order valence-corrected chi connectivity index (χ1v) is 12.8. The van der Waals surface area contributed by atoms with Crippen LogP contribution in [-0.2, 0) is 13.3 Å². The van der Waals surface area contributed by atoms with E-state index >= 15 is 0 Å². The van der Waals surface area contributed by atoms with Gasteiger partial charge in [-0.2, -0.15) is 0 Å². The molecule has 0 bridgehead atoms. The van der Waals surface area contributed by atoms with E-state index in [9.17, 15) is 0 Å². The Morgan fingerprint density at radius 1 is 0.731 bits per heavy atom. The highest BCUT2D eigenvalue weighted by atomic mass is 28.4. The van der Waals surface area contributed by atoms with Gasteiger partial charge in [0.15, 0.2) is 0 Å². The Kier molecular flexibility index (Phi) is 16.1. The zero-order chi connectivity index (χ0) is 19.8. The minimum atomic E-state index is -2.59. The molecule has 0 heterocycles. The fraction of sp³-hybridized carbons (Fsp3) is 0.955. The maximum Gasteiger partial charge on any atom is 0.503 e. The first-order chi connectivity index (χ1) is 12.5. The van der Waals surface area contributed by atoms with E-state index in [0.717, 1.165) is 6.42 Å². The molecule has 157 valence electrons. The second kappa shape index (κ2) is 16.1. The number of hydrogen-bond acceptors (Lipinski definition) is 3. The van der Waals surface area contributed by atoms with Crippen molar-refractivity contribution in [3.05, 3.63) is 5.92 Å². The van der Waals surface area contributed by atoms with Gasteiger partial charge in [-0.1, -0.05) is 98.3 Å². The molecule has 0 aliphatic heterocycles. The van der Waals surface area contributed by atoms with Crippen LogP contribution in [0.25, 0.3) is 0 Å². The quantitative estimate of drug-likeness (QED) is 0.184. The molecule has 4 heteroatoms. The second-order valence-corrected chi connectivity index (χ2v) is 10.9. The van der Waals surface area contributed by atoms with Gasteiger partial charge in [-0.05, 0) is 18.3 Å². The lowest BCUT2D eigenvalue weighted by atomic mass is 9.87. The monoisotopic (exact) mass is 387 g/mol. The van der Waals surface area contributed by atoms with E-state index in [-0.39, 0.29) is 0 Å². The van der Waals surface area contributed by atoms with Crippen molar-refractivity contribution in [3.63, 3.8) is 0 Å². The van der Waals surface area contributed by atoms with Crippen molar-refractivity contribution in [1.82, 2.24) is 0 Å². The van der Waals surface area contributed by atoms with Crippen LogP contribution in [0.4, 0.5) is 0 Å². The molecule has 26 heavy (non-hydrogen) atoms. The highest BCUT2D eigenvalue weighted by Crippen LogP contribution is 2.41. The van der Waals surface area contributed by atoms with Crippen molar-refractivity contribution >= 4 is 8.80 Å². The molecule has 0 N–H and O–H groups in total. The topological polar surface area (TPSA) is 27.7 Å². The summed E-state index contributed by atoms with van der Waals surface area (Å²) in [6.45, 7) is 9.12. The Hall–Kier alpha value is 0.0969. The van der Waals surface area contributed by atoms with Crippen molar-refractivity contribution in [3.8, 4) is 0 Å². The molecular formula is C22H47O3Si. The van der Waals surface area contributed by atoms with E-state index in [1.807, 2.05) is 0 Å². The molecule has 0 aromatic heterocycles. The van der Waals surface area contributed by atoms with Crippen LogP contribution in [0.1, 0.15) is 105 Å². The third-order valence-corrected chi connectivity index (χ3v) is 9.43. The SMILES string of the molecule is CCCCCCCCCCCCC(C)[C](C)C(CC)[Si](OC)(OC)OC. The molecule has 0 fully saturated rings. The maximum atomic E-state index is 5.74. The van der Waals surface area contributed by atoms with Crippen molar-refractivity contribution in [2.24, 2.45) is 5.92 Å². The minimum absolute atomic E-state index is 0.292. The van der Waals surface area contributed by atoms with E-state index in [1.165, 1.54) is 76.5 Å². The summed E-state index contributed by atoms with van der Waals surface area (Å²) in [5, 5.41) is 0. The summed E-state index contributed by atoms with van der Waals surface area (Å²) in [5.41, 5.74) is 0.292. The molecule has 0 aromatic carbocycles. The first kappa shape index (κ1) is 26.1. The van der Waals surface area contributed by atoms with Crippen LogP contribution >= 0.6 is 0 Å². The third kappa shape index (κ3) is 9.34. The average molecular weight is 388 g/mol. The molecule has 3 nitrogen and oxygen atoms in total. The van der Waals surface area contributed by atoms with Crippen molar-refractivity contribution < 1.29 is 13.3 Å². The molecule has 0 amide bonds. The first-order valence-electron chi connectivity index (χ1n) is 11.0. The Morgan fingerprint density at radius 2 is 1.15 bits per heavy atom. The van der Waals surface area contributed by atoms with E-state index < -0.39 is 8.80 Å². The smallest absolute Gasteiger partial charge is 0.377 e. The van der Waals surface area contributed by atoms with Gasteiger partial charge in [-0.3, -0.25) is 0 Å². The average Bonchev–Trinajstić information content (AvgIpc) is 2.67.